The number of ketones is 1. The van der Waals surface area contributed by atoms with Gasteiger partial charge in [-0.1, -0.05) is 0 Å². The summed E-state index contributed by atoms with van der Waals surface area (Å²) in [4.78, 5) is 22.9. The smallest absolute Gasteiger partial charge is 0.407 e. The van der Waals surface area contributed by atoms with Gasteiger partial charge in [0.15, 0.2) is 5.78 Å². The lowest BCUT2D eigenvalue weighted by Crippen LogP contribution is -2.33. The number of hydrogen-bond donors (Lipinski definition) is 1. The van der Waals surface area contributed by atoms with Crippen LogP contribution >= 0.6 is 0 Å². The monoisotopic (exact) mass is 255 g/mol. The number of amides is 1. The van der Waals surface area contributed by atoms with Crippen LogP contribution in [0.3, 0.4) is 0 Å². The highest BCUT2D eigenvalue weighted by atomic mass is 16.6. The van der Waals surface area contributed by atoms with Gasteiger partial charge in [0.1, 0.15) is 5.60 Å². The molecule has 0 aromatic rings. The fraction of sp³-hybridized carbons (Fsp3) is 0.692. The molecule has 0 aliphatic carbocycles. The standard InChI is InChI=1S/C13H21NO4/c1-13(2,3)18-12(16)14-7-4-5-11(15)10-6-8-17-9-10/h9H,4-8H2,1-3H3,(H,14,16). The van der Waals surface area contributed by atoms with Gasteiger partial charge in [-0.2, -0.15) is 0 Å². The predicted octanol–water partition coefficient (Wildman–Crippen LogP) is 2.16. The van der Waals surface area contributed by atoms with Gasteiger partial charge in [0.05, 0.1) is 12.9 Å². The summed E-state index contributed by atoms with van der Waals surface area (Å²) in [6.45, 7) is 6.46. The predicted molar refractivity (Wildman–Crippen MR) is 67.1 cm³/mol. The Morgan fingerprint density at radius 3 is 2.72 bits per heavy atom. The highest BCUT2D eigenvalue weighted by Gasteiger charge is 2.16. The average molecular weight is 255 g/mol. The van der Waals surface area contributed by atoms with Crippen LogP contribution in [0, 0.1) is 0 Å². The number of nitrogens with one attached hydrogen (secondary N) is 1. The number of carbonyl (C=O) groups is 2. The van der Waals surface area contributed by atoms with Crippen molar-refractivity contribution in [3.8, 4) is 0 Å². The molecule has 0 spiro atoms. The Bertz CT molecular complexity index is 341. The minimum absolute atomic E-state index is 0.0958. The molecule has 0 unspecified atom stereocenters. The van der Waals surface area contributed by atoms with E-state index in [1.54, 1.807) is 0 Å². The number of ether oxygens (including phenoxy) is 2. The third-order valence-electron chi connectivity index (χ3n) is 2.32. The lowest BCUT2D eigenvalue weighted by atomic mass is 10.1. The zero-order valence-electron chi connectivity index (χ0n) is 11.2. The first-order chi connectivity index (χ1) is 8.38. The molecule has 0 saturated carbocycles. The zero-order chi connectivity index (χ0) is 13.6. The summed E-state index contributed by atoms with van der Waals surface area (Å²) < 4.78 is 10.1. The molecule has 18 heavy (non-hydrogen) atoms. The normalized spacial score (nSPS) is 14.7. The fourth-order valence-corrected chi connectivity index (χ4v) is 1.51. The van der Waals surface area contributed by atoms with Crippen molar-refractivity contribution in [1.29, 1.82) is 0 Å². The maximum absolute atomic E-state index is 11.6. The Hall–Kier alpha value is -1.52. The molecule has 0 radical (unpaired) electrons. The number of alkyl carbamates (subject to hydrolysis) is 1. The van der Waals surface area contributed by atoms with Crippen LogP contribution in [0.2, 0.25) is 0 Å². The van der Waals surface area contributed by atoms with E-state index >= 15 is 0 Å². The second-order valence-corrected chi connectivity index (χ2v) is 5.22. The molecule has 1 aliphatic rings. The minimum atomic E-state index is -0.494. The fourth-order valence-electron chi connectivity index (χ4n) is 1.51. The van der Waals surface area contributed by atoms with Crippen LogP contribution in [0.4, 0.5) is 4.79 Å². The van der Waals surface area contributed by atoms with Gasteiger partial charge < -0.3 is 14.8 Å². The molecule has 1 N–H and O–H groups in total. The maximum Gasteiger partial charge on any atom is 0.407 e. The van der Waals surface area contributed by atoms with Crippen LogP contribution in [0.5, 0.6) is 0 Å². The Morgan fingerprint density at radius 2 is 2.17 bits per heavy atom. The summed E-state index contributed by atoms with van der Waals surface area (Å²) in [7, 11) is 0. The van der Waals surface area contributed by atoms with Gasteiger partial charge in [0.2, 0.25) is 0 Å². The van der Waals surface area contributed by atoms with Crippen LogP contribution in [-0.2, 0) is 14.3 Å². The highest BCUT2D eigenvalue weighted by Crippen LogP contribution is 2.13. The van der Waals surface area contributed by atoms with Crippen molar-refractivity contribution in [1.82, 2.24) is 5.32 Å². The second-order valence-electron chi connectivity index (χ2n) is 5.22. The molecule has 0 atom stereocenters. The van der Waals surface area contributed by atoms with Gasteiger partial charge in [-0.25, -0.2) is 4.79 Å². The molecule has 1 rings (SSSR count). The zero-order valence-corrected chi connectivity index (χ0v) is 11.2. The number of rotatable bonds is 5. The van der Waals surface area contributed by atoms with Crippen molar-refractivity contribution >= 4 is 11.9 Å². The van der Waals surface area contributed by atoms with E-state index in [0.717, 1.165) is 5.57 Å². The van der Waals surface area contributed by atoms with E-state index in [2.05, 4.69) is 5.32 Å². The molecule has 0 fully saturated rings. The maximum atomic E-state index is 11.6. The van der Waals surface area contributed by atoms with Crippen molar-refractivity contribution in [2.24, 2.45) is 0 Å². The molecular formula is C13H21NO4. The largest absolute Gasteiger partial charge is 0.500 e. The van der Waals surface area contributed by atoms with E-state index in [1.165, 1.54) is 6.26 Å². The Balaban J connectivity index is 2.11. The van der Waals surface area contributed by atoms with Gasteiger partial charge in [0, 0.05) is 25.0 Å². The molecule has 0 bridgehead atoms. The minimum Gasteiger partial charge on any atom is -0.500 e. The summed E-state index contributed by atoms with van der Waals surface area (Å²) in [5.74, 6) is 0.0958. The van der Waals surface area contributed by atoms with Crippen molar-refractivity contribution in [2.45, 2.75) is 45.6 Å². The van der Waals surface area contributed by atoms with Crippen LogP contribution < -0.4 is 5.32 Å². The summed E-state index contributed by atoms with van der Waals surface area (Å²) in [5, 5.41) is 2.62. The van der Waals surface area contributed by atoms with Gasteiger partial charge >= 0.3 is 6.09 Å². The van der Waals surface area contributed by atoms with E-state index in [-0.39, 0.29) is 5.78 Å². The average Bonchev–Trinajstić information content (AvgIpc) is 2.74. The van der Waals surface area contributed by atoms with Gasteiger partial charge in [-0.05, 0) is 27.2 Å². The molecule has 5 nitrogen and oxygen atoms in total. The topological polar surface area (TPSA) is 64.6 Å². The van der Waals surface area contributed by atoms with Gasteiger partial charge in [0.25, 0.3) is 0 Å². The SMILES string of the molecule is CC(C)(C)OC(=O)NCCCC(=O)C1=COCC1. The molecule has 0 saturated heterocycles. The lowest BCUT2D eigenvalue weighted by molar-refractivity contribution is -0.115. The van der Waals surface area contributed by atoms with Crippen molar-refractivity contribution in [3.63, 3.8) is 0 Å². The third-order valence-corrected chi connectivity index (χ3v) is 2.32. The van der Waals surface area contributed by atoms with Crippen molar-refractivity contribution < 1.29 is 19.1 Å². The molecule has 5 heteroatoms. The van der Waals surface area contributed by atoms with E-state index in [4.69, 9.17) is 9.47 Å². The van der Waals surface area contributed by atoms with Crippen LogP contribution in [0.1, 0.15) is 40.0 Å². The van der Waals surface area contributed by atoms with E-state index in [0.29, 0.717) is 32.4 Å². The molecule has 1 aliphatic heterocycles. The van der Waals surface area contributed by atoms with Crippen LogP contribution in [0.15, 0.2) is 11.8 Å². The molecular weight excluding hydrogens is 234 g/mol. The third kappa shape index (κ3) is 5.70. The molecule has 1 amide bonds. The number of carbonyl (C=O) groups excluding carboxylic acids is 2. The lowest BCUT2D eigenvalue weighted by Gasteiger charge is -2.19. The van der Waals surface area contributed by atoms with Gasteiger partial charge in [-0.15, -0.1) is 0 Å². The highest BCUT2D eigenvalue weighted by molar-refractivity contribution is 5.95. The Morgan fingerprint density at radius 1 is 1.44 bits per heavy atom. The molecule has 102 valence electrons. The summed E-state index contributed by atoms with van der Waals surface area (Å²) >= 11 is 0. The van der Waals surface area contributed by atoms with Crippen LogP contribution in [0.25, 0.3) is 0 Å². The molecule has 0 aromatic heterocycles. The number of Topliss-reactive ketones (excluding diaryl/α,β-unsaturated/α-hetero) is 1. The first-order valence-electron chi connectivity index (χ1n) is 6.19. The summed E-state index contributed by atoms with van der Waals surface area (Å²) in [6, 6.07) is 0. The van der Waals surface area contributed by atoms with Crippen LogP contribution in [-0.4, -0.2) is 30.6 Å². The van der Waals surface area contributed by atoms with Gasteiger partial charge in [-0.3, -0.25) is 4.79 Å². The first-order valence-corrected chi connectivity index (χ1v) is 6.19. The van der Waals surface area contributed by atoms with Crippen molar-refractivity contribution in [2.75, 3.05) is 13.2 Å². The summed E-state index contributed by atoms with van der Waals surface area (Å²) in [6.07, 6.45) is 2.81. The quantitative estimate of drug-likeness (QED) is 0.765. The Labute approximate surface area is 108 Å². The van der Waals surface area contributed by atoms with E-state index < -0.39 is 11.7 Å². The summed E-state index contributed by atoms with van der Waals surface area (Å²) in [5.41, 5.74) is 0.249. The van der Waals surface area contributed by atoms with E-state index in [1.807, 2.05) is 20.8 Å². The number of hydrogen-bond acceptors (Lipinski definition) is 4. The Kier molecular flexibility index (Phi) is 5.19. The molecule has 1 heterocycles. The molecule has 0 aromatic carbocycles. The second kappa shape index (κ2) is 6.42. The van der Waals surface area contributed by atoms with Crippen molar-refractivity contribution in [3.05, 3.63) is 11.8 Å². The van der Waals surface area contributed by atoms with E-state index in [9.17, 15) is 9.59 Å². The first kappa shape index (κ1) is 14.5.